The van der Waals surface area contributed by atoms with E-state index in [0.717, 1.165) is 28.8 Å². The van der Waals surface area contributed by atoms with Gasteiger partial charge in [0.15, 0.2) is 0 Å². The topological polar surface area (TPSA) is 43.3 Å². The molecule has 0 bridgehead atoms. The zero-order valence-electron chi connectivity index (χ0n) is 15.2. The summed E-state index contributed by atoms with van der Waals surface area (Å²) in [5.74, 6) is 1.12. The second kappa shape index (κ2) is 6.87. The number of hydrogen-bond donors (Lipinski definition) is 1. The van der Waals surface area contributed by atoms with Crippen LogP contribution in [0.1, 0.15) is 42.2 Å². The second-order valence-electron chi connectivity index (χ2n) is 7.00. The lowest BCUT2D eigenvalue weighted by Gasteiger charge is -2.26. The Morgan fingerprint density at radius 2 is 2.04 bits per heavy atom. The molecule has 0 saturated heterocycles. The van der Waals surface area contributed by atoms with Crippen LogP contribution in [0.25, 0.3) is 10.9 Å². The summed E-state index contributed by atoms with van der Waals surface area (Å²) in [5, 5.41) is 4.16. The summed E-state index contributed by atoms with van der Waals surface area (Å²) < 4.78 is 8.17. The maximum Gasteiger partial charge on any atom is 0.267 e. The van der Waals surface area contributed by atoms with Crippen molar-refractivity contribution in [2.45, 2.75) is 38.8 Å². The Bertz CT molecular complexity index is 930. The van der Waals surface area contributed by atoms with E-state index in [1.807, 2.05) is 42.5 Å². The molecule has 1 aromatic heterocycles. The van der Waals surface area contributed by atoms with Crippen molar-refractivity contribution in [3.63, 3.8) is 0 Å². The zero-order valence-corrected chi connectivity index (χ0v) is 15.2. The minimum atomic E-state index is -0.0216. The molecule has 0 aliphatic carbocycles. The van der Waals surface area contributed by atoms with Crippen molar-refractivity contribution in [3.8, 4) is 5.75 Å². The average molecular weight is 348 g/mol. The molecular formula is C22H24N2O2. The number of nitrogens with zero attached hydrogens (tertiary/aromatic N) is 1. The van der Waals surface area contributed by atoms with E-state index >= 15 is 0 Å². The fourth-order valence-corrected chi connectivity index (χ4v) is 3.63. The Balaban J connectivity index is 1.57. The van der Waals surface area contributed by atoms with Gasteiger partial charge in [0.25, 0.3) is 5.91 Å². The summed E-state index contributed by atoms with van der Waals surface area (Å²) in [6, 6.07) is 18.3. The molecule has 3 aromatic rings. The number of aromatic nitrogens is 1. The van der Waals surface area contributed by atoms with Crippen LogP contribution in [0, 0.1) is 0 Å². The highest BCUT2D eigenvalue weighted by Crippen LogP contribution is 2.34. The predicted molar refractivity (Wildman–Crippen MR) is 104 cm³/mol. The third kappa shape index (κ3) is 2.96. The third-order valence-electron chi connectivity index (χ3n) is 5.19. The summed E-state index contributed by atoms with van der Waals surface area (Å²) >= 11 is 0. The molecule has 1 amide bonds. The van der Waals surface area contributed by atoms with E-state index in [1.54, 1.807) is 0 Å². The van der Waals surface area contributed by atoms with Crippen LogP contribution in [0.3, 0.4) is 0 Å². The van der Waals surface area contributed by atoms with Gasteiger partial charge in [-0.2, -0.15) is 0 Å². The Labute approximate surface area is 153 Å². The first-order valence-electron chi connectivity index (χ1n) is 9.29. The summed E-state index contributed by atoms with van der Waals surface area (Å²) in [6.45, 7) is 5.58. The monoisotopic (exact) mass is 348 g/mol. The van der Waals surface area contributed by atoms with Gasteiger partial charge in [-0.3, -0.25) is 4.79 Å². The molecule has 0 radical (unpaired) electrons. The number of rotatable bonds is 5. The standard InChI is InChI=1S/C22H24N2O2/c1-3-18-14-24-19(12-17-10-7-11-20(26-18)21(17)24)22(25)23-13-15(2)16-8-5-4-6-9-16/h4-12,15,18H,3,13-14H2,1-2H3,(H,23,25)/t15-,18+/m1/s1. The molecule has 0 fully saturated rings. The molecule has 26 heavy (non-hydrogen) atoms. The van der Waals surface area contributed by atoms with Gasteiger partial charge >= 0.3 is 0 Å². The SMILES string of the molecule is CC[C@H]1Cn2c(C(=O)NC[C@@H](C)c3ccccc3)cc3cccc(c32)O1. The number of benzene rings is 2. The van der Waals surface area contributed by atoms with Crippen LogP contribution < -0.4 is 10.1 Å². The fraction of sp³-hybridized carbons (Fsp3) is 0.318. The third-order valence-corrected chi connectivity index (χ3v) is 5.19. The smallest absolute Gasteiger partial charge is 0.267 e. The fourth-order valence-electron chi connectivity index (χ4n) is 3.63. The molecule has 4 heteroatoms. The van der Waals surface area contributed by atoms with Crippen molar-refractivity contribution < 1.29 is 9.53 Å². The van der Waals surface area contributed by atoms with Crippen molar-refractivity contribution >= 4 is 16.8 Å². The molecule has 2 atom stereocenters. The number of carbonyl (C=O) groups excluding carboxylic acids is 1. The van der Waals surface area contributed by atoms with Gasteiger partial charge in [-0.15, -0.1) is 0 Å². The molecule has 0 unspecified atom stereocenters. The first-order chi connectivity index (χ1) is 12.7. The average Bonchev–Trinajstić information content (AvgIpc) is 3.06. The van der Waals surface area contributed by atoms with E-state index in [-0.39, 0.29) is 17.9 Å². The molecule has 1 aliphatic heterocycles. The molecule has 4 rings (SSSR count). The second-order valence-corrected chi connectivity index (χ2v) is 7.00. The van der Waals surface area contributed by atoms with Gasteiger partial charge in [-0.05, 0) is 30.0 Å². The van der Waals surface area contributed by atoms with Crippen molar-refractivity contribution in [1.29, 1.82) is 0 Å². The minimum absolute atomic E-state index is 0.0216. The highest BCUT2D eigenvalue weighted by molar-refractivity contribution is 6.00. The maximum absolute atomic E-state index is 12.9. The van der Waals surface area contributed by atoms with Crippen LogP contribution in [-0.2, 0) is 6.54 Å². The zero-order chi connectivity index (χ0) is 18.1. The highest BCUT2D eigenvalue weighted by Gasteiger charge is 2.25. The van der Waals surface area contributed by atoms with Gasteiger partial charge in [0.2, 0.25) is 0 Å². The van der Waals surface area contributed by atoms with Crippen molar-refractivity contribution in [3.05, 3.63) is 65.9 Å². The molecule has 0 spiro atoms. The Morgan fingerprint density at radius 1 is 1.23 bits per heavy atom. The van der Waals surface area contributed by atoms with E-state index < -0.39 is 0 Å². The maximum atomic E-state index is 12.9. The Hall–Kier alpha value is -2.75. The molecule has 2 heterocycles. The van der Waals surface area contributed by atoms with E-state index in [2.05, 4.69) is 35.9 Å². The van der Waals surface area contributed by atoms with Crippen LogP contribution >= 0.6 is 0 Å². The van der Waals surface area contributed by atoms with E-state index in [1.165, 1.54) is 5.56 Å². The van der Waals surface area contributed by atoms with Gasteiger partial charge in [0, 0.05) is 11.9 Å². The van der Waals surface area contributed by atoms with Crippen molar-refractivity contribution in [1.82, 2.24) is 9.88 Å². The minimum Gasteiger partial charge on any atom is -0.486 e. The van der Waals surface area contributed by atoms with E-state index in [0.29, 0.717) is 13.1 Å². The lowest BCUT2D eigenvalue weighted by molar-refractivity contribution is 0.0936. The molecule has 2 aromatic carbocycles. The van der Waals surface area contributed by atoms with Crippen LogP contribution in [0.4, 0.5) is 0 Å². The number of ether oxygens (including phenoxy) is 1. The van der Waals surface area contributed by atoms with Crippen LogP contribution in [-0.4, -0.2) is 23.1 Å². The Morgan fingerprint density at radius 3 is 2.81 bits per heavy atom. The van der Waals surface area contributed by atoms with Crippen molar-refractivity contribution in [2.75, 3.05) is 6.54 Å². The largest absolute Gasteiger partial charge is 0.486 e. The first kappa shape index (κ1) is 16.7. The Kier molecular flexibility index (Phi) is 4.41. The molecule has 1 N–H and O–H groups in total. The quantitative estimate of drug-likeness (QED) is 0.745. The number of hydrogen-bond acceptors (Lipinski definition) is 2. The van der Waals surface area contributed by atoms with Crippen LogP contribution in [0.15, 0.2) is 54.6 Å². The molecular weight excluding hydrogens is 324 g/mol. The van der Waals surface area contributed by atoms with E-state index in [9.17, 15) is 4.79 Å². The summed E-state index contributed by atoms with van der Waals surface area (Å²) in [6.07, 6.45) is 1.02. The lowest BCUT2D eigenvalue weighted by Crippen LogP contribution is -2.32. The van der Waals surface area contributed by atoms with Gasteiger partial charge in [0.1, 0.15) is 17.5 Å². The van der Waals surface area contributed by atoms with E-state index in [4.69, 9.17) is 4.74 Å². The van der Waals surface area contributed by atoms with Crippen molar-refractivity contribution in [2.24, 2.45) is 0 Å². The summed E-state index contributed by atoms with van der Waals surface area (Å²) in [4.78, 5) is 12.9. The number of nitrogens with one attached hydrogen (secondary N) is 1. The van der Waals surface area contributed by atoms with Crippen LogP contribution in [0.2, 0.25) is 0 Å². The van der Waals surface area contributed by atoms with Gasteiger partial charge in [-0.1, -0.05) is 56.3 Å². The molecule has 0 saturated carbocycles. The normalized spacial score (nSPS) is 16.9. The summed E-state index contributed by atoms with van der Waals surface area (Å²) in [7, 11) is 0. The predicted octanol–water partition coefficient (Wildman–Crippen LogP) is 4.35. The van der Waals surface area contributed by atoms with Gasteiger partial charge in [-0.25, -0.2) is 0 Å². The molecule has 4 nitrogen and oxygen atoms in total. The highest BCUT2D eigenvalue weighted by atomic mass is 16.5. The lowest BCUT2D eigenvalue weighted by atomic mass is 10.0. The van der Waals surface area contributed by atoms with Crippen LogP contribution in [0.5, 0.6) is 5.75 Å². The molecule has 1 aliphatic rings. The number of amides is 1. The van der Waals surface area contributed by atoms with Gasteiger partial charge in [0.05, 0.1) is 12.1 Å². The first-order valence-corrected chi connectivity index (χ1v) is 9.29. The number of carbonyl (C=O) groups is 1. The molecule has 134 valence electrons. The summed E-state index contributed by atoms with van der Waals surface area (Å²) in [5.41, 5.74) is 2.98. The number of para-hydroxylation sites is 1. The van der Waals surface area contributed by atoms with Gasteiger partial charge < -0.3 is 14.6 Å².